The predicted octanol–water partition coefficient (Wildman–Crippen LogP) is 5.88. The Morgan fingerprint density at radius 3 is 2.38 bits per heavy atom. The number of carbonyl (C=O) groups is 2. The van der Waals surface area contributed by atoms with Crippen LogP contribution in [0.5, 0.6) is 0 Å². The Hall–Kier alpha value is -2.90. The van der Waals surface area contributed by atoms with Crippen LogP contribution in [0.25, 0.3) is 0 Å². The molecular formula is C24H24F4N2O2. The Bertz CT molecular complexity index is 1100. The molecule has 0 aromatic heterocycles. The summed E-state index contributed by atoms with van der Waals surface area (Å²) in [5.74, 6) is -9.25. The molecule has 1 unspecified atom stereocenters. The van der Waals surface area contributed by atoms with Gasteiger partial charge in [-0.15, -0.1) is 0 Å². The third-order valence-electron chi connectivity index (χ3n) is 6.28. The lowest BCUT2D eigenvalue weighted by atomic mass is 9.89. The van der Waals surface area contributed by atoms with E-state index >= 15 is 0 Å². The van der Waals surface area contributed by atoms with Gasteiger partial charge in [0.25, 0.3) is 11.8 Å². The predicted molar refractivity (Wildman–Crippen MR) is 113 cm³/mol. The number of nitrogens with zero attached hydrogens (tertiary/aromatic N) is 1. The van der Waals surface area contributed by atoms with Gasteiger partial charge >= 0.3 is 5.92 Å². The molecule has 2 aliphatic rings. The standard InChI is InChI=1S/C24H24F4N2O2/c1-13(2)15-6-5-9-18-21(15)23(25,26)12-30(18)19(31)11-10-14(3)16-7-4-8-17-20(16)24(27,28)22(32)29-17/h4-9,13-14H,10-12H2,1-3H3,(H,29,32). The molecule has 4 nitrogen and oxygen atoms in total. The van der Waals surface area contributed by atoms with E-state index in [-0.39, 0.29) is 46.8 Å². The summed E-state index contributed by atoms with van der Waals surface area (Å²) >= 11 is 0. The molecule has 0 radical (unpaired) electrons. The molecule has 2 aliphatic heterocycles. The molecule has 2 aromatic rings. The van der Waals surface area contributed by atoms with Crippen LogP contribution < -0.4 is 10.2 Å². The summed E-state index contributed by atoms with van der Waals surface area (Å²) in [6.45, 7) is 4.61. The molecular weight excluding hydrogens is 424 g/mol. The molecule has 8 heteroatoms. The van der Waals surface area contributed by atoms with Crippen molar-refractivity contribution in [2.75, 3.05) is 16.8 Å². The van der Waals surface area contributed by atoms with Crippen molar-refractivity contribution in [3.63, 3.8) is 0 Å². The van der Waals surface area contributed by atoms with Gasteiger partial charge in [-0.05, 0) is 41.5 Å². The van der Waals surface area contributed by atoms with E-state index in [4.69, 9.17) is 0 Å². The lowest BCUT2D eigenvalue weighted by molar-refractivity contribution is -0.139. The van der Waals surface area contributed by atoms with Gasteiger partial charge in [0, 0.05) is 12.0 Å². The first-order valence-corrected chi connectivity index (χ1v) is 10.6. The fraction of sp³-hybridized carbons (Fsp3) is 0.417. The number of amides is 2. The van der Waals surface area contributed by atoms with Crippen LogP contribution in [0.3, 0.4) is 0 Å². The molecule has 0 bridgehead atoms. The van der Waals surface area contributed by atoms with Crippen molar-refractivity contribution in [3.05, 3.63) is 58.7 Å². The third kappa shape index (κ3) is 3.45. The Morgan fingerprint density at radius 2 is 1.69 bits per heavy atom. The normalized spacial score (nSPS) is 19.0. The maximum atomic E-state index is 14.8. The van der Waals surface area contributed by atoms with Crippen molar-refractivity contribution in [2.45, 2.75) is 57.3 Å². The summed E-state index contributed by atoms with van der Waals surface area (Å²) in [6.07, 6.45) is 0.0973. The number of fused-ring (bicyclic) bond motifs is 2. The lowest BCUT2D eigenvalue weighted by Crippen LogP contribution is -2.33. The smallest absolute Gasteiger partial charge is 0.320 e. The number of nitrogens with one attached hydrogen (secondary N) is 1. The van der Waals surface area contributed by atoms with Crippen molar-refractivity contribution >= 4 is 23.2 Å². The van der Waals surface area contributed by atoms with Crippen molar-refractivity contribution in [1.82, 2.24) is 0 Å². The second-order valence-electron chi connectivity index (χ2n) is 8.82. The second-order valence-corrected chi connectivity index (χ2v) is 8.82. The zero-order chi connectivity index (χ0) is 23.4. The van der Waals surface area contributed by atoms with Crippen molar-refractivity contribution < 1.29 is 27.2 Å². The number of benzene rings is 2. The van der Waals surface area contributed by atoms with E-state index in [2.05, 4.69) is 5.32 Å². The first kappa shape index (κ1) is 22.3. The van der Waals surface area contributed by atoms with Gasteiger partial charge in [-0.3, -0.25) is 9.59 Å². The van der Waals surface area contributed by atoms with Crippen LogP contribution in [-0.4, -0.2) is 18.4 Å². The van der Waals surface area contributed by atoms with Crippen molar-refractivity contribution in [3.8, 4) is 0 Å². The molecule has 2 heterocycles. The molecule has 0 aliphatic carbocycles. The SMILES string of the molecule is CC(C)c1cccc2c1C(F)(F)CN2C(=O)CCC(C)c1cccc2c1C(F)(F)C(=O)N2. The minimum absolute atomic E-state index is 0.0602. The van der Waals surface area contributed by atoms with E-state index in [1.807, 2.05) is 13.8 Å². The fourth-order valence-corrected chi connectivity index (χ4v) is 4.63. The van der Waals surface area contributed by atoms with Crippen LogP contribution in [0.4, 0.5) is 28.9 Å². The third-order valence-corrected chi connectivity index (χ3v) is 6.28. The number of hydrogen-bond acceptors (Lipinski definition) is 2. The quantitative estimate of drug-likeness (QED) is 0.581. The van der Waals surface area contributed by atoms with E-state index in [9.17, 15) is 27.2 Å². The molecule has 1 N–H and O–H groups in total. The summed E-state index contributed by atoms with van der Waals surface area (Å²) in [5, 5.41) is 2.18. The van der Waals surface area contributed by atoms with Crippen LogP contribution in [-0.2, 0) is 21.4 Å². The number of anilines is 2. The number of hydrogen-bond donors (Lipinski definition) is 1. The molecule has 0 saturated heterocycles. The highest BCUT2D eigenvalue weighted by Crippen LogP contribution is 2.48. The molecule has 0 saturated carbocycles. The molecule has 2 amide bonds. The average Bonchev–Trinajstić information content (AvgIpc) is 3.15. The number of halogens is 4. The Kier molecular flexibility index (Phi) is 5.30. The number of carbonyl (C=O) groups excluding carboxylic acids is 2. The van der Waals surface area contributed by atoms with E-state index in [1.165, 1.54) is 18.2 Å². The first-order valence-electron chi connectivity index (χ1n) is 10.6. The molecule has 4 rings (SSSR count). The highest BCUT2D eigenvalue weighted by Gasteiger charge is 2.50. The summed E-state index contributed by atoms with van der Waals surface area (Å²) < 4.78 is 58.3. The maximum Gasteiger partial charge on any atom is 0.352 e. The van der Waals surface area contributed by atoms with Crippen LogP contribution in [0.2, 0.25) is 0 Å². The lowest BCUT2D eigenvalue weighted by Gasteiger charge is -2.21. The van der Waals surface area contributed by atoms with Crippen LogP contribution in [0.1, 0.15) is 67.7 Å². The first-order chi connectivity index (χ1) is 14.9. The van der Waals surface area contributed by atoms with E-state index < -0.39 is 36.1 Å². The minimum atomic E-state index is -3.65. The summed E-state index contributed by atoms with van der Waals surface area (Å²) in [4.78, 5) is 25.6. The van der Waals surface area contributed by atoms with Gasteiger partial charge < -0.3 is 10.2 Å². The average molecular weight is 448 g/mol. The zero-order valence-electron chi connectivity index (χ0n) is 18.0. The monoisotopic (exact) mass is 448 g/mol. The number of rotatable bonds is 5. The van der Waals surface area contributed by atoms with Gasteiger partial charge in [-0.2, -0.15) is 17.6 Å². The number of alkyl halides is 4. The van der Waals surface area contributed by atoms with Gasteiger partial charge in [0.15, 0.2) is 0 Å². The highest BCUT2D eigenvalue weighted by atomic mass is 19.3. The van der Waals surface area contributed by atoms with Gasteiger partial charge in [0.1, 0.15) is 0 Å². The minimum Gasteiger partial charge on any atom is -0.320 e. The largest absolute Gasteiger partial charge is 0.352 e. The van der Waals surface area contributed by atoms with Crippen LogP contribution >= 0.6 is 0 Å². The second kappa shape index (κ2) is 7.60. The molecule has 1 atom stereocenters. The summed E-state index contributed by atoms with van der Waals surface area (Å²) in [7, 11) is 0. The van der Waals surface area contributed by atoms with E-state index in [1.54, 1.807) is 25.1 Å². The summed E-state index contributed by atoms with van der Waals surface area (Å²) in [5.41, 5.74) is 0.570. The van der Waals surface area contributed by atoms with Crippen LogP contribution in [0, 0.1) is 0 Å². The zero-order valence-corrected chi connectivity index (χ0v) is 18.0. The Balaban J connectivity index is 1.54. The van der Waals surface area contributed by atoms with Gasteiger partial charge in [0.2, 0.25) is 5.91 Å². The van der Waals surface area contributed by atoms with Gasteiger partial charge in [-0.25, -0.2) is 0 Å². The molecule has 2 aromatic carbocycles. The fourth-order valence-electron chi connectivity index (χ4n) is 4.63. The van der Waals surface area contributed by atoms with E-state index in [0.717, 1.165) is 4.90 Å². The Labute approximate surface area is 183 Å². The van der Waals surface area contributed by atoms with Gasteiger partial charge in [0.05, 0.1) is 23.5 Å². The van der Waals surface area contributed by atoms with Crippen molar-refractivity contribution in [1.29, 1.82) is 0 Å². The summed E-state index contributed by atoms with van der Waals surface area (Å²) in [6, 6.07) is 9.32. The maximum absolute atomic E-state index is 14.8. The molecule has 32 heavy (non-hydrogen) atoms. The highest BCUT2D eigenvalue weighted by molar-refractivity contribution is 6.04. The molecule has 170 valence electrons. The van der Waals surface area contributed by atoms with Crippen LogP contribution in [0.15, 0.2) is 36.4 Å². The van der Waals surface area contributed by atoms with E-state index in [0.29, 0.717) is 5.56 Å². The topological polar surface area (TPSA) is 49.4 Å². The van der Waals surface area contributed by atoms with Gasteiger partial charge in [-0.1, -0.05) is 45.0 Å². The Morgan fingerprint density at radius 1 is 1.03 bits per heavy atom. The molecule has 0 spiro atoms. The molecule has 0 fully saturated rings. The van der Waals surface area contributed by atoms with Crippen molar-refractivity contribution in [2.24, 2.45) is 0 Å².